The Bertz CT molecular complexity index is 451. The van der Waals surface area contributed by atoms with Crippen molar-refractivity contribution >= 4 is 11.7 Å². The zero-order valence-electron chi connectivity index (χ0n) is 11.0. The molecule has 3 nitrogen and oxygen atoms in total. The van der Waals surface area contributed by atoms with Gasteiger partial charge in [0.15, 0.2) is 0 Å². The van der Waals surface area contributed by atoms with Crippen molar-refractivity contribution in [1.29, 1.82) is 0 Å². The van der Waals surface area contributed by atoms with Crippen LogP contribution < -0.4 is 0 Å². The van der Waals surface area contributed by atoms with Crippen molar-refractivity contribution in [2.75, 3.05) is 19.7 Å². The van der Waals surface area contributed by atoms with E-state index < -0.39 is 0 Å². The minimum Gasteiger partial charge on any atom is -0.450 e. The fourth-order valence-electron chi connectivity index (χ4n) is 2.21. The van der Waals surface area contributed by atoms with Crippen molar-refractivity contribution in [2.24, 2.45) is 0 Å². The second-order valence-corrected chi connectivity index (χ2v) is 4.50. The Morgan fingerprint density at radius 2 is 2.06 bits per heavy atom. The molecule has 0 atom stereocenters. The minimum absolute atomic E-state index is 0.210. The normalized spacial score (nSPS) is 15.8. The molecule has 2 rings (SSSR count). The molecule has 3 heteroatoms. The van der Waals surface area contributed by atoms with Crippen LogP contribution in [0.1, 0.15) is 25.8 Å². The van der Waals surface area contributed by atoms with Gasteiger partial charge in [-0.2, -0.15) is 0 Å². The van der Waals surface area contributed by atoms with Gasteiger partial charge in [0.25, 0.3) is 0 Å². The monoisotopic (exact) mass is 245 g/mol. The van der Waals surface area contributed by atoms with Gasteiger partial charge in [0.1, 0.15) is 0 Å². The standard InChI is InChI=1S/C15H19NO2/c1-3-18-15(17)16-10-9-12(2)14(11-16)13-7-5-4-6-8-13/h4-8H,3,9-11H2,1-2H3. The lowest BCUT2D eigenvalue weighted by atomic mass is 9.95. The first-order valence-corrected chi connectivity index (χ1v) is 6.38. The van der Waals surface area contributed by atoms with Gasteiger partial charge in [-0.05, 0) is 31.4 Å². The summed E-state index contributed by atoms with van der Waals surface area (Å²) in [5, 5.41) is 0. The first-order valence-electron chi connectivity index (χ1n) is 6.38. The molecular weight excluding hydrogens is 226 g/mol. The highest BCUT2D eigenvalue weighted by Gasteiger charge is 2.22. The lowest BCUT2D eigenvalue weighted by Gasteiger charge is -2.29. The number of rotatable bonds is 2. The van der Waals surface area contributed by atoms with E-state index in [1.165, 1.54) is 16.7 Å². The molecule has 0 N–H and O–H groups in total. The molecule has 0 fully saturated rings. The second kappa shape index (κ2) is 5.71. The Hall–Kier alpha value is -1.77. The molecule has 1 aliphatic heterocycles. The van der Waals surface area contributed by atoms with Crippen molar-refractivity contribution in [3.05, 3.63) is 41.5 Å². The van der Waals surface area contributed by atoms with Crippen molar-refractivity contribution in [3.63, 3.8) is 0 Å². The Morgan fingerprint density at radius 1 is 1.33 bits per heavy atom. The fourth-order valence-corrected chi connectivity index (χ4v) is 2.21. The maximum absolute atomic E-state index is 11.8. The summed E-state index contributed by atoms with van der Waals surface area (Å²) in [7, 11) is 0. The summed E-state index contributed by atoms with van der Waals surface area (Å²) in [5.41, 5.74) is 3.81. The van der Waals surface area contributed by atoms with E-state index in [1.807, 2.05) is 25.1 Å². The molecule has 96 valence electrons. The van der Waals surface area contributed by atoms with Crippen LogP contribution in [0.4, 0.5) is 4.79 Å². The van der Waals surface area contributed by atoms with Crippen LogP contribution >= 0.6 is 0 Å². The largest absolute Gasteiger partial charge is 0.450 e. The van der Waals surface area contributed by atoms with Crippen LogP contribution in [-0.4, -0.2) is 30.7 Å². The smallest absolute Gasteiger partial charge is 0.410 e. The topological polar surface area (TPSA) is 29.5 Å². The van der Waals surface area contributed by atoms with E-state index in [4.69, 9.17) is 4.74 Å². The predicted molar refractivity (Wildman–Crippen MR) is 72.2 cm³/mol. The molecule has 1 aliphatic rings. The van der Waals surface area contributed by atoms with Gasteiger partial charge in [-0.1, -0.05) is 35.9 Å². The number of carbonyl (C=O) groups excluding carboxylic acids is 1. The molecule has 0 saturated carbocycles. The van der Waals surface area contributed by atoms with E-state index in [2.05, 4.69) is 19.1 Å². The van der Waals surface area contributed by atoms with Crippen LogP contribution in [0.5, 0.6) is 0 Å². The van der Waals surface area contributed by atoms with Crippen LogP contribution in [0.15, 0.2) is 35.9 Å². The van der Waals surface area contributed by atoms with Crippen molar-refractivity contribution in [1.82, 2.24) is 4.90 Å². The van der Waals surface area contributed by atoms with E-state index in [-0.39, 0.29) is 6.09 Å². The Balaban J connectivity index is 2.17. The van der Waals surface area contributed by atoms with Crippen LogP contribution in [-0.2, 0) is 4.74 Å². The maximum Gasteiger partial charge on any atom is 0.410 e. The van der Waals surface area contributed by atoms with E-state index >= 15 is 0 Å². The molecule has 1 aromatic rings. The average Bonchev–Trinajstić information content (AvgIpc) is 2.40. The molecule has 1 aromatic carbocycles. The zero-order valence-corrected chi connectivity index (χ0v) is 11.0. The van der Waals surface area contributed by atoms with Gasteiger partial charge in [0, 0.05) is 13.1 Å². The van der Waals surface area contributed by atoms with Gasteiger partial charge in [0.05, 0.1) is 6.61 Å². The summed E-state index contributed by atoms with van der Waals surface area (Å²) in [6.45, 7) is 5.81. The molecule has 0 bridgehead atoms. The first-order chi connectivity index (χ1) is 8.72. The maximum atomic E-state index is 11.8. The van der Waals surface area contributed by atoms with Crippen molar-refractivity contribution < 1.29 is 9.53 Å². The van der Waals surface area contributed by atoms with Gasteiger partial charge >= 0.3 is 6.09 Å². The molecule has 0 spiro atoms. The summed E-state index contributed by atoms with van der Waals surface area (Å²) in [6.07, 6.45) is 0.710. The third-order valence-corrected chi connectivity index (χ3v) is 3.27. The molecule has 1 amide bonds. The molecule has 0 aliphatic carbocycles. The Morgan fingerprint density at radius 3 is 2.72 bits per heavy atom. The van der Waals surface area contributed by atoms with Crippen molar-refractivity contribution in [2.45, 2.75) is 20.3 Å². The van der Waals surface area contributed by atoms with E-state index in [9.17, 15) is 4.79 Å². The molecule has 0 unspecified atom stereocenters. The summed E-state index contributed by atoms with van der Waals surface area (Å²) in [4.78, 5) is 13.5. The number of hydrogen-bond donors (Lipinski definition) is 0. The SMILES string of the molecule is CCOC(=O)N1CCC(C)=C(c2ccccc2)C1. The van der Waals surface area contributed by atoms with Crippen LogP contribution in [0.2, 0.25) is 0 Å². The Labute approximate surface area is 108 Å². The first kappa shape index (κ1) is 12.7. The summed E-state index contributed by atoms with van der Waals surface area (Å²) in [5.74, 6) is 0. The highest BCUT2D eigenvalue weighted by molar-refractivity contribution is 5.76. The molecular formula is C15H19NO2. The number of benzene rings is 1. The zero-order chi connectivity index (χ0) is 13.0. The molecule has 18 heavy (non-hydrogen) atoms. The molecule has 1 heterocycles. The highest BCUT2D eigenvalue weighted by atomic mass is 16.6. The lowest BCUT2D eigenvalue weighted by molar-refractivity contribution is 0.111. The van der Waals surface area contributed by atoms with E-state index in [0.717, 1.165) is 13.0 Å². The number of nitrogens with zero attached hydrogens (tertiary/aromatic N) is 1. The van der Waals surface area contributed by atoms with Crippen molar-refractivity contribution in [3.8, 4) is 0 Å². The van der Waals surface area contributed by atoms with E-state index in [1.54, 1.807) is 4.90 Å². The third kappa shape index (κ3) is 2.73. The lowest BCUT2D eigenvalue weighted by Crippen LogP contribution is -2.36. The number of hydrogen-bond acceptors (Lipinski definition) is 2. The van der Waals surface area contributed by atoms with E-state index in [0.29, 0.717) is 13.2 Å². The van der Waals surface area contributed by atoms with Crippen LogP contribution in [0.3, 0.4) is 0 Å². The third-order valence-electron chi connectivity index (χ3n) is 3.27. The molecule has 0 radical (unpaired) electrons. The predicted octanol–water partition coefficient (Wildman–Crippen LogP) is 3.32. The minimum atomic E-state index is -0.210. The van der Waals surface area contributed by atoms with Gasteiger partial charge in [-0.25, -0.2) is 4.79 Å². The Kier molecular flexibility index (Phi) is 4.03. The van der Waals surface area contributed by atoms with Crippen LogP contribution in [0, 0.1) is 0 Å². The number of ether oxygens (including phenoxy) is 1. The fraction of sp³-hybridized carbons (Fsp3) is 0.400. The summed E-state index contributed by atoms with van der Waals surface area (Å²) in [6, 6.07) is 10.2. The summed E-state index contributed by atoms with van der Waals surface area (Å²) < 4.78 is 5.07. The number of carbonyl (C=O) groups is 1. The average molecular weight is 245 g/mol. The number of amides is 1. The van der Waals surface area contributed by atoms with Gasteiger partial charge in [-0.3, -0.25) is 0 Å². The quantitative estimate of drug-likeness (QED) is 0.800. The summed E-state index contributed by atoms with van der Waals surface area (Å²) >= 11 is 0. The van der Waals surface area contributed by atoms with Crippen LogP contribution in [0.25, 0.3) is 5.57 Å². The van der Waals surface area contributed by atoms with Gasteiger partial charge in [-0.15, -0.1) is 0 Å². The molecule has 0 aromatic heterocycles. The van der Waals surface area contributed by atoms with Gasteiger partial charge < -0.3 is 9.64 Å². The van der Waals surface area contributed by atoms with Gasteiger partial charge in [0.2, 0.25) is 0 Å². The molecule has 0 saturated heterocycles. The second-order valence-electron chi connectivity index (χ2n) is 4.50. The highest BCUT2D eigenvalue weighted by Crippen LogP contribution is 2.26.